The number of ketones is 1. The predicted octanol–water partition coefficient (Wildman–Crippen LogP) is 2.22. The number of morpholine rings is 1. The number of fused-ring (bicyclic) bond motifs is 2. The lowest BCUT2D eigenvalue weighted by Crippen LogP contribution is -2.53. The van der Waals surface area contributed by atoms with Crippen molar-refractivity contribution in [2.75, 3.05) is 51.3 Å². The highest BCUT2D eigenvalue weighted by Gasteiger charge is 2.66. The summed E-state index contributed by atoms with van der Waals surface area (Å²) < 4.78 is 5.40. The fourth-order valence-electron chi connectivity index (χ4n) is 5.09. The van der Waals surface area contributed by atoms with E-state index in [-0.39, 0.29) is 12.1 Å². The number of nitrogens with zero attached hydrogens (tertiary/aromatic N) is 3. The molecule has 0 aliphatic carbocycles. The summed E-state index contributed by atoms with van der Waals surface area (Å²) in [6.07, 6.45) is 0. The third-order valence-corrected chi connectivity index (χ3v) is 7.05. The van der Waals surface area contributed by atoms with Crippen LogP contribution in [-0.4, -0.2) is 78.9 Å². The van der Waals surface area contributed by atoms with Gasteiger partial charge in [-0.05, 0) is 30.3 Å². The minimum Gasteiger partial charge on any atom is -0.507 e. The van der Waals surface area contributed by atoms with Gasteiger partial charge in [-0.1, -0.05) is 29.8 Å². The first kappa shape index (κ1) is 22.6. The second kappa shape index (κ2) is 8.54. The lowest BCUT2D eigenvalue weighted by atomic mass is 9.82. The molecule has 3 heterocycles. The molecule has 1 atom stereocenters. The standard InChI is InChI=1S/C25H24ClN3O5/c1-27-19-5-3-2-4-18(19)25(24(27)33)20(21(30)16-6-8-17(26)9-7-16)22(31)23(32)29(25)11-10-28-12-14-34-15-13-28/h2-9,30H,10-15H2,1H3/t25-/m0/s1. The molecule has 0 bridgehead atoms. The first-order chi connectivity index (χ1) is 16.4. The molecule has 0 radical (unpaired) electrons. The van der Waals surface area contributed by atoms with E-state index < -0.39 is 28.9 Å². The summed E-state index contributed by atoms with van der Waals surface area (Å²) in [4.78, 5) is 45.7. The molecule has 0 saturated carbocycles. The highest BCUT2D eigenvalue weighted by Crippen LogP contribution is 2.53. The molecule has 8 nitrogen and oxygen atoms in total. The van der Waals surface area contributed by atoms with Gasteiger partial charge in [0.25, 0.3) is 17.6 Å². The first-order valence-electron chi connectivity index (χ1n) is 11.1. The smallest absolute Gasteiger partial charge is 0.296 e. The Morgan fingerprint density at radius 2 is 1.71 bits per heavy atom. The molecule has 1 N–H and O–H groups in total. The van der Waals surface area contributed by atoms with Crippen molar-refractivity contribution in [2.45, 2.75) is 5.54 Å². The minimum absolute atomic E-state index is 0.149. The van der Waals surface area contributed by atoms with Crippen LogP contribution in [0.25, 0.3) is 5.76 Å². The van der Waals surface area contributed by atoms with E-state index in [1.54, 1.807) is 55.6 Å². The number of para-hydroxylation sites is 1. The average Bonchev–Trinajstić information content (AvgIpc) is 3.22. The number of halogens is 1. The van der Waals surface area contributed by atoms with E-state index in [1.165, 1.54) is 9.80 Å². The maximum absolute atomic E-state index is 13.9. The Morgan fingerprint density at radius 3 is 2.41 bits per heavy atom. The van der Waals surface area contributed by atoms with Crippen LogP contribution in [-0.2, 0) is 24.7 Å². The number of hydrogen-bond donors (Lipinski definition) is 1. The van der Waals surface area contributed by atoms with Crippen LogP contribution in [0.1, 0.15) is 11.1 Å². The Morgan fingerprint density at radius 1 is 1.03 bits per heavy atom. The molecular formula is C25H24ClN3O5. The van der Waals surface area contributed by atoms with Crippen molar-refractivity contribution in [1.29, 1.82) is 0 Å². The Kier molecular flexibility index (Phi) is 5.67. The molecule has 9 heteroatoms. The fraction of sp³-hybridized carbons (Fsp3) is 0.320. The number of likely N-dealkylation sites (tertiary alicyclic amines) is 1. The largest absolute Gasteiger partial charge is 0.507 e. The summed E-state index contributed by atoms with van der Waals surface area (Å²) in [5.74, 6) is -2.54. The van der Waals surface area contributed by atoms with Crippen molar-refractivity contribution in [3.05, 3.63) is 70.3 Å². The van der Waals surface area contributed by atoms with E-state index >= 15 is 0 Å². The SMILES string of the molecule is CN1C(=O)[C@@]2(C(=C(O)c3ccc(Cl)cc3)C(=O)C(=O)N2CCN2CCOCC2)c2ccccc21. The van der Waals surface area contributed by atoms with Crippen LogP contribution in [0.15, 0.2) is 54.1 Å². The average molecular weight is 482 g/mol. The van der Waals surface area contributed by atoms with Crippen molar-refractivity contribution in [3.8, 4) is 0 Å². The van der Waals surface area contributed by atoms with Gasteiger partial charge >= 0.3 is 0 Å². The first-order valence-corrected chi connectivity index (χ1v) is 11.5. The third-order valence-electron chi connectivity index (χ3n) is 6.80. The molecule has 0 aromatic heterocycles. The zero-order valence-corrected chi connectivity index (χ0v) is 19.4. The third kappa shape index (κ3) is 3.25. The quantitative estimate of drug-likeness (QED) is 0.409. The van der Waals surface area contributed by atoms with Gasteiger partial charge in [-0.25, -0.2) is 0 Å². The number of aliphatic hydroxyl groups excluding tert-OH is 1. The van der Waals surface area contributed by atoms with Gasteiger partial charge in [0.05, 0.1) is 18.8 Å². The van der Waals surface area contributed by atoms with Gasteiger partial charge in [-0.15, -0.1) is 0 Å². The van der Waals surface area contributed by atoms with Crippen LogP contribution in [0.3, 0.4) is 0 Å². The summed E-state index contributed by atoms with van der Waals surface area (Å²) >= 11 is 5.99. The van der Waals surface area contributed by atoms with Gasteiger partial charge in [0.2, 0.25) is 0 Å². The van der Waals surface area contributed by atoms with E-state index in [1.807, 2.05) is 0 Å². The topological polar surface area (TPSA) is 90.4 Å². The van der Waals surface area contributed by atoms with E-state index in [0.717, 1.165) is 0 Å². The van der Waals surface area contributed by atoms with Gasteiger partial charge < -0.3 is 19.6 Å². The van der Waals surface area contributed by atoms with E-state index in [0.29, 0.717) is 54.7 Å². The van der Waals surface area contributed by atoms with Crippen molar-refractivity contribution in [1.82, 2.24) is 9.80 Å². The number of carbonyl (C=O) groups is 3. The molecular weight excluding hydrogens is 458 g/mol. The van der Waals surface area contributed by atoms with Gasteiger partial charge in [-0.3, -0.25) is 19.3 Å². The number of rotatable bonds is 4. The molecule has 2 saturated heterocycles. The Balaban J connectivity index is 1.69. The number of likely N-dealkylation sites (N-methyl/N-ethyl adjacent to an activating group) is 1. The highest BCUT2D eigenvalue weighted by atomic mass is 35.5. The number of benzene rings is 2. The van der Waals surface area contributed by atoms with Crippen molar-refractivity contribution >= 4 is 40.6 Å². The fourth-order valence-corrected chi connectivity index (χ4v) is 5.22. The molecule has 34 heavy (non-hydrogen) atoms. The Labute approximate surface area is 202 Å². The molecule has 2 aromatic carbocycles. The lowest BCUT2D eigenvalue weighted by Gasteiger charge is -2.36. The van der Waals surface area contributed by atoms with Crippen LogP contribution in [0.4, 0.5) is 5.69 Å². The number of hydrogen-bond acceptors (Lipinski definition) is 6. The number of amides is 2. The van der Waals surface area contributed by atoms with Crippen LogP contribution in [0.2, 0.25) is 5.02 Å². The predicted molar refractivity (Wildman–Crippen MR) is 127 cm³/mol. The van der Waals surface area contributed by atoms with Crippen molar-refractivity contribution < 1.29 is 24.2 Å². The summed E-state index contributed by atoms with van der Waals surface area (Å²) in [6, 6.07) is 13.3. The molecule has 3 aliphatic heterocycles. The molecule has 2 amide bonds. The minimum atomic E-state index is -1.74. The van der Waals surface area contributed by atoms with Crippen LogP contribution in [0.5, 0.6) is 0 Å². The van der Waals surface area contributed by atoms with Crippen LogP contribution >= 0.6 is 11.6 Å². The van der Waals surface area contributed by atoms with Gasteiger partial charge in [0, 0.05) is 55.1 Å². The van der Waals surface area contributed by atoms with E-state index in [2.05, 4.69) is 4.90 Å². The highest BCUT2D eigenvalue weighted by molar-refractivity contribution is 6.50. The molecule has 176 valence electrons. The molecule has 0 unspecified atom stereocenters. The number of ether oxygens (including phenoxy) is 1. The summed E-state index contributed by atoms with van der Waals surface area (Å²) in [6.45, 7) is 3.20. The second-order valence-electron chi connectivity index (χ2n) is 8.56. The molecule has 2 fully saturated rings. The van der Waals surface area contributed by atoms with E-state index in [4.69, 9.17) is 16.3 Å². The maximum atomic E-state index is 13.9. The van der Waals surface area contributed by atoms with E-state index in [9.17, 15) is 19.5 Å². The summed E-state index contributed by atoms with van der Waals surface area (Å²) in [5.41, 5.74) is -0.569. The molecule has 3 aliphatic rings. The van der Waals surface area contributed by atoms with Gasteiger partial charge in [0.1, 0.15) is 5.76 Å². The van der Waals surface area contributed by atoms with Crippen molar-refractivity contribution in [2.24, 2.45) is 0 Å². The van der Waals surface area contributed by atoms with Crippen LogP contribution in [0, 0.1) is 0 Å². The zero-order valence-electron chi connectivity index (χ0n) is 18.7. The summed E-state index contributed by atoms with van der Waals surface area (Å²) in [5, 5.41) is 11.8. The lowest BCUT2D eigenvalue weighted by molar-refractivity contribution is -0.144. The normalized spacial score (nSPS) is 24.4. The van der Waals surface area contributed by atoms with Crippen LogP contribution < -0.4 is 4.90 Å². The number of anilines is 1. The number of Topliss-reactive ketones (excluding diaryl/α,β-unsaturated/α-hetero) is 1. The maximum Gasteiger partial charge on any atom is 0.296 e. The van der Waals surface area contributed by atoms with Crippen molar-refractivity contribution in [3.63, 3.8) is 0 Å². The van der Waals surface area contributed by atoms with Gasteiger partial charge in [0.15, 0.2) is 5.54 Å². The number of aliphatic hydroxyl groups is 1. The Hall–Kier alpha value is -3.20. The molecule has 1 spiro atoms. The Bertz CT molecular complexity index is 1210. The molecule has 5 rings (SSSR count). The van der Waals surface area contributed by atoms with Gasteiger partial charge in [-0.2, -0.15) is 0 Å². The zero-order chi connectivity index (χ0) is 24.0. The molecule has 2 aromatic rings. The summed E-state index contributed by atoms with van der Waals surface area (Å²) in [7, 11) is 1.61. The second-order valence-corrected chi connectivity index (χ2v) is 9.00. The number of carbonyl (C=O) groups excluding carboxylic acids is 3. The monoisotopic (exact) mass is 481 g/mol.